The Bertz CT molecular complexity index is 388. The summed E-state index contributed by atoms with van der Waals surface area (Å²) < 4.78 is 0. The van der Waals surface area contributed by atoms with Gasteiger partial charge in [0.1, 0.15) is 0 Å². The number of anilines is 1. The lowest BCUT2D eigenvalue weighted by atomic mass is 10.0. The summed E-state index contributed by atoms with van der Waals surface area (Å²) in [6.45, 7) is 5.27. The molecule has 1 rings (SSSR count). The van der Waals surface area contributed by atoms with Gasteiger partial charge in [-0.25, -0.2) is 0 Å². The fourth-order valence-electron chi connectivity index (χ4n) is 1.68. The summed E-state index contributed by atoms with van der Waals surface area (Å²) in [6, 6.07) is 1.75. The normalized spacial score (nSPS) is 10.0. The quantitative estimate of drug-likeness (QED) is 0.428. The van der Waals surface area contributed by atoms with Gasteiger partial charge >= 0.3 is 0 Å². The Morgan fingerprint density at radius 1 is 1.36 bits per heavy atom. The van der Waals surface area contributed by atoms with E-state index in [-0.39, 0.29) is 10.6 Å². The van der Waals surface area contributed by atoms with Gasteiger partial charge in [0.2, 0.25) is 0 Å². The largest absolute Gasteiger partial charge is 0.323 e. The molecule has 0 radical (unpaired) electrons. The maximum atomic E-state index is 10.8. The second-order valence-corrected chi connectivity index (χ2v) is 3.26. The van der Waals surface area contributed by atoms with E-state index in [1.54, 1.807) is 19.9 Å². The molecule has 0 bridgehead atoms. The minimum absolute atomic E-state index is 0.128. The molecule has 1 aromatic rings. The molecule has 0 atom stereocenters. The number of nitrogens with one attached hydrogen (secondary N) is 1. The van der Waals surface area contributed by atoms with E-state index < -0.39 is 0 Å². The van der Waals surface area contributed by atoms with E-state index in [9.17, 15) is 10.1 Å². The monoisotopic (exact) mass is 195 g/mol. The highest BCUT2D eigenvalue weighted by Gasteiger charge is 2.18. The van der Waals surface area contributed by atoms with Crippen molar-refractivity contribution >= 4 is 11.4 Å². The van der Waals surface area contributed by atoms with Crippen molar-refractivity contribution in [1.29, 1.82) is 0 Å². The van der Waals surface area contributed by atoms with Gasteiger partial charge < -0.3 is 5.43 Å². The molecule has 0 aromatic heterocycles. The van der Waals surface area contributed by atoms with E-state index >= 15 is 0 Å². The van der Waals surface area contributed by atoms with Crippen LogP contribution in [0.3, 0.4) is 0 Å². The highest BCUT2D eigenvalue weighted by molar-refractivity contribution is 5.66. The molecule has 3 N–H and O–H groups in total. The number of benzene rings is 1. The van der Waals surface area contributed by atoms with Crippen molar-refractivity contribution in [1.82, 2.24) is 0 Å². The summed E-state index contributed by atoms with van der Waals surface area (Å²) in [5, 5.41) is 10.8. The average Bonchev–Trinajstić information content (AvgIpc) is 2.02. The molecule has 0 amide bonds. The van der Waals surface area contributed by atoms with Gasteiger partial charge in [-0.1, -0.05) is 0 Å². The van der Waals surface area contributed by atoms with Gasteiger partial charge in [0.05, 0.1) is 16.2 Å². The number of hydrogen-bond donors (Lipinski definition) is 2. The number of hydrogen-bond acceptors (Lipinski definition) is 4. The Balaban J connectivity index is 3.52. The zero-order valence-electron chi connectivity index (χ0n) is 8.42. The molecule has 0 aliphatic rings. The zero-order chi connectivity index (χ0) is 10.9. The molecular weight excluding hydrogens is 182 g/mol. The van der Waals surface area contributed by atoms with Gasteiger partial charge in [-0.3, -0.25) is 16.0 Å². The van der Waals surface area contributed by atoms with Gasteiger partial charge in [-0.05, 0) is 32.4 Å². The molecule has 0 heterocycles. The molecule has 0 aliphatic heterocycles. The van der Waals surface area contributed by atoms with Crippen LogP contribution in [-0.2, 0) is 0 Å². The predicted octanol–water partition coefficient (Wildman–Crippen LogP) is 1.81. The van der Waals surface area contributed by atoms with Crippen molar-refractivity contribution in [2.75, 3.05) is 5.43 Å². The molecule has 0 aliphatic carbocycles. The van der Waals surface area contributed by atoms with E-state index in [1.165, 1.54) is 0 Å². The topological polar surface area (TPSA) is 81.2 Å². The summed E-state index contributed by atoms with van der Waals surface area (Å²) in [6.07, 6.45) is 0. The third-order valence-corrected chi connectivity index (χ3v) is 2.26. The van der Waals surface area contributed by atoms with Gasteiger partial charge in [0, 0.05) is 5.56 Å². The molecule has 0 spiro atoms. The van der Waals surface area contributed by atoms with Crippen molar-refractivity contribution in [3.8, 4) is 0 Å². The van der Waals surface area contributed by atoms with E-state index in [0.29, 0.717) is 16.8 Å². The third-order valence-electron chi connectivity index (χ3n) is 2.26. The third kappa shape index (κ3) is 1.54. The maximum Gasteiger partial charge on any atom is 0.277 e. The van der Waals surface area contributed by atoms with Gasteiger partial charge in [0.25, 0.3) is 5.69 Å². The fraction of sp³-hybridized carbons (Fsp3) is 0.333. The lowest BCUT2D eigenvalue weighted by Gasteiger charge is -2.10. The van der Waals surface area contributed by atoms with Crippen LogP contribution >= 0.6 is 0 Å². The van der Waals surface area contributed by atoms with E-state index in [4.69, 9.17) is 5.84 Å². The lowest BCUT2D eigenvalue weighted by molar-refractivity contribution is -0.386. The predicted molar refractivity (Wildman–Crippen MR) is 55.1 cm³/mol. The van der Waals surface area contributed by atoms with Crippen LogP contribution in [0.25, 0.3) is 0 Å². The van der Waals surface area contributed by atoms with Gasteiger partial charge in [-0.2, -0.15) is 0 Å². The van der Waals surface area contributed by atoms with Gasteiger partial charge in [0.15, 0.2) is 0 Å². The van der Waals surface area contributed by atoms with Crippen molar-refractivity contribution in [2.45, 2.75) is 20.8 Å². The van der Waals surface area contributed by atoms with Crippen molar-refractivity contribution in [3.63, 3.8) is 0 Å². The molecule has 5 nitrogen and oxygen atoms in total. The van der Waals surface area contributed by atoms with Crippen LogP contribution in [0.2, 0.25) is 0 Å². The second-order valence-electron chi connectivity index (χ2n) is 3.26. The van der Waals surface area contributed by atoms with E-state index in [0.717, 1.165) is 5.56 Å². The number of nitro benzene ring substituents is 1. The highest BCUT2D eigenvalue weighted by Crippen LogP contribution is 2.31. The highest BCUT2D eigenvalue weighted by atomic mass is 16.6. The first-order chi connectivity index (χ1) is 6.49. The number of nitrogens with zero attached hydrogens (tertiary/aromatic N) is 1. The van der Waals surface area contributed by atoms with Crippen LogP contribution in [0.15, 0.2) is 6.07 Å². The van der Waals surface area contributed by atoms with E-state index in [1.807, 2.05) is 6.92 Å². The Hall–Kier alpha value is -1.62. The van der Waals surface area contributed by atoms with Crippen molar-refractivity contribution in [3.05, 3.63) is 32.9 Å². The first kappa shape index (κ1) is 10.5. The van der Waals surface area contributed by atoms with Gasteiger partial charge in [-0.15, -0.1) is 0 Å². The molecule has 5 heteroatoms. The first-order valence-electron chi connectivity index (χ1n) is 4.20. The fourth-order valence-corrected chi connectivity index (χ4v) is 1.68. The zero-order valence-corrected chi connectivity index (χ0v) is 8.42. The number of rotatable bonds is 2. The molecule has 14 heavy (non-hydrogen) atoms. The van der Waals surface area contributed by atoms with Crippen molar-refractivity contribution < 1.29 is 4.92 Å². The van der Waals surface area contributed by atoms with E-state index in [2.05, 4.69) is 5.43 Å². The molecule has 0 unspecified atom stereocenters. The van der Waals surface area contributed by atoms with Crippen LogP contribution in [0.5, 0.6) is 0 Å². The number of nitrogen functional groups attached to an aromatic ring is 1. The Labute approximate surface area is 82.0 Å². The number of nitro groups is 1. The lowest BCUT2D eigenvalue weighted by Crippen LogP contribution is -2.11. The molecule has 76 valence electrons. The number of nitrogens with two attached hydrogens (primary N) is 1. The maximum absolute atomic E-state index is 10.8. The first-order valence-corrected chi connectivity index (χ1v) is 4.20. The minimum Gasteiger partial charge on any atom is -0.323 e. The summed E-state index contributed by atoms with van der Waals surface area (Å²) >= 11 is 0. The summed E-state index contributed by atoms with van der Waals surface area (Å²) in [7, 11) is 0. The molecule has 1 aromatic carbocycles. The standard InChI is InChI=1S/C9H13N3O2/c1-5-4-6(2)9(12(13)14)7(3)8(5)11-10/h4,11H,10H2,1-3H3. The minimum atomic E-state index is -0.384. The van der Waals surface area contributed by atoms with Crippen LogP contribution in [0.4, 0.5) is 11.4 Å². The van der Waals surface area contributed by atoms with Crippen LogP contribution in [-0.4, -0.2) is 4.92 Å². The SMILES string of the molecule is Cc1cc(C)c([N+](=O)[O-])c(C)c1NN. The van der Waals surface area contributed by atoms with Crippen LogP contribution in [0, 0.1) is 30.9 Å². The summed E-state index contributed by atoms with van der Waals surface area (Å²) in [4.78, 5) is 10.4. The Morgan fingerprint density at radius 2 is 1.93 bits per heavy atom. The molecule has 0 fully saturated rings. The van der Waals surface area contributed by atoms with Crippen LogP contribution < -0.4 is 11.3 Å². The Morgan fingerprint density at radius 3 is 2.36 bits per heavy atom. The smallest absolute Gasteiger partial charge is 0.277 e. The number of aryl methyl sites for hydroxylation is 2. The summed E-state index contributed by atoms with van der Waals surface area (Å²) in [5.41, 5.74) is 5.38. The number of hydrazine groups is 1. The van der Waals surface area contributed by atoms with Crippen LogP contribution in [0.1, 0.15) is 16.7 Å². The molecule has 0 saturated heterocycles. The molecule has 0 saturated carbocycles. The second kappa shape index (κ2) is 3.63. The Kier molecular flexibility index (Phi) is 2.71. The molecular formula is C9H13N3O2. The summed E-state index contributed by atoms with van der Waals surface area (Å²) in [5.74, 6) is 5.30. The van der Waals surface area contributed by atoms with Crippen molar-refractivity contribution in [2.24, 2.45) is 5.84 Å². The average molecular weight is 195 g/mol.